The number of hydrogen-bond donors (Lipinski definition) is 3. The molecule has 2 fully saturated rings. The number of carboxylic acid groups (broad SMARTS) is 1. The fourth-order valence-electron chi connectivity index (χ4n) is 2.57. The van der Waals surface area contributed by atoms with Crippen LogP contribution in [0.15, 0.2) is 0 Å². The third kappa shape index (κ3) is 4.06. The SMILES string of the molecule is NC(=O)OCC1(C(=O)O)CS[C@@H]2C(NC(=O)CC(=O)CBr)C(=O)N2C1. The number of carboxylic acids is 1. The highest BCUT2D eigenvalue weighted by molar-refractivity contribution is 9.09. The second-order valence-electron chi connectivity index (χ2n) is 5.76. The van der Waals surface area contributed by atoms with Gasteiger partial charge in [-0.15, -0.1) is 11.8 Å². The minimum absolute atomic E-state index is 0.0460. The lowest BCUT2D eigenvalue weighted by molar-refractivity contribution is -0.161. The van der Waals surface area contributed by atoms with Crippen LogP contribution in [0.25, 0.3) is 0 Å². The summed E-state index contributed by atoms with van der Waals surface area (Å²) in [4.78, 5) is 58.9. The fourth-order valence-corrected chi connectivity index (χ4v) is 4.29. The summed E-state index contributed by atoms with van der Waals surface area (Å²) in [5.41, 5.74) is 3.43. The minimum Gasteiger partial charge on any atom is -0.481 e. The average Bonchev–Trinajstić information content (AvgIpc) is 2.57. The predicted octanol–water partition coefficient (Wildman–Crippen LogP) is -1.09. The number of alkyl halides is 1. The van der Waals surface area contributed by atoms with E-state index in [4.69, 9.17) is 5.73 Å². The Balaban J connectivity index is 1.99. The molecule has 0 aromatic rings. The summed E-state index contributed by atoms with van der Waals surface area (Å²) >= 11 is 4.11. The molecular weight excluding hydrogens is 422 g/mol. The summed E-state index contributed by atoms with van der Waals surface area (Å²) in [7, 11) is 0. The molecule has 0 aromatic carbocycles. The number of ether oxygens (including phenoxy) is 1. The number of aliphatic carboxylic acids is 1. The van der Waals surface area contributed by atoms with E-state index in [1.165, 1.54) is 4.90 Å². The van der Waals surface area contributed by atoms with Gasteiger partial charge in [0.1, 0.15) is 23.4 Å². The van der Waals surface area contributed by atoms with Crippen LogP contribution in [0, 0.1) is 5.41 Å². The van der Waals surface area contributed by atoms with Crippen LogP contribution in [0.5, 0.6) is 0 Å². The fraction of sp³-hybridized carbons (Fsp3) is 0.615. The number of nitrogens with one attached hydrogen (secondary N) is 1. The topological polar surface area (TPSA) is 156 Å². The van der Waals surface area contributed by atoms with Gasteiger partial charge in [-0.05, 0) is 0 Å². The molecule has 2 saturated heterocycles. The van der Waals surface area contributed by atoms with E-state index in [9.17, 15) is 29.1 Å². The summed E-state index contributed by atoms with van der Waals surface area (Å²) in [6.45, 7) is -0.600. The Morgan fingerprint density at radius 2 is 2.12 bits per heavy atom. The summed E-state index contributed by atoms with van der Waals surface area (Å²) in [6.07, 6.45) is -1.43. The summed E-state index contributed by atoms with van der Waals surface area (Å²) in [5, 5.41) is 11.6. The molecule has 0 radical (unpaired) electrons. The zero-order valence-corrected chi connectivity index (χ0v) is 15.3. The standard InChI is InChI=1S/C13H16BrN3O7S/c14-2-6(18)1-7(19)16-8-9(20)17-3-13(11(21)22,4-24-12(15)23)5-25-10(8)17/h8,10H,1-5H2,(H2,15,23)(H,16,19)(H,21,22)/t8?,10-,13?/m1/s1. The number of ketones is 1. The summed E-state index contributed by atoms with van der Waals surface area (Å²) < 4.78 is 4.63. The smallest absolute Gasteiger partial charge is 0.404 e. The van der Waals surface area contributed by atoms with Gasteiger partial charge in [0.25, 0.3) is 0 Å². The van der Waals surface area contributed by atoms with Gasteiger partial charge in [0.15, 0.2) is 5.78 Å². The van der Waals surface area contributed by atoms with Crippen molar-refractivity contribution in [2.24, 2.45) is 11.1 Å². The zero-order valence-electron chi connectivity index (χ0n) is 12.9. The Hall–Kier alpha value is -1.82. The lowest BCUT2D eigenvalue weighted by Crippen LogP contribution is -2.74. The molecule has 0 aromatic heterocycles. The van der Waals surface area contributed by atoms with Crippen LogP contribution in [-0.4, -0.2) is 75.3 Å². The molecular formula is C13H16BrN3O7S. The molecule has 0 aliphatic carbocycles. The van der Waals surface area contributed by atoms with Crippen molar-refractivity contribution < 1.29 is 33.8 Å². The van der Waals surface area contributed by atoms with E-state index in [0.717, 1.165) is 11.8 Å². The second kappa shape index (κ2) is 7.60. The van der Waals surface area contributed by atoms with Crippen molar-refractivity contribution >= 4 is 57.4 Å². The van der Waals surface area contributed by atoms with Crippen molar-refractivity contribution in [3.8, 4) is 0 Å². The number of nitrogens with zero attached hydrogens (tertiary/aromatic N) is 1. The highest BCUT2D eigenvalue weighted by atomic mass is 79.9. The van der Waals surface area contributed by atoms with Gasteiger partial charge in [0, 0.05) is 12.3 Å². The normalized spacial score (nSPS) is 27.7. The molecule has 2 unspecified atom stereocenters. The van der Waals surface area contributed by atoms with Crippen molar-refractivity contribution in [1.29, 1.82) is 0 Å². The quantitative estimate of drug-likeness (QED) is 0.257. The number of halogens is 1. The van der Waals surface area contributed by atoms with E-state index in [-0.39, 0.29) is 29.8 Å². The molecule has 0 bridgehead atoms. The number of rotatable bonds is 7. The molecule has 12 heteroatoms. The Kier molecular flexibility index (Phi) is 5.93. The zero-order chi connectivity index (χ0) is 18.8. The van der Waals surface area contributed by atoms with Crippen LogP contribution in [0.3, 0.4) is 0 Å². The lowest BCUT2D eigenvalue weighted by atomic mass is 9.88. The van der Waals surface area contributed by atoms with Gasteiger partial charge in [-0.1, -0.05) is 15.9 Å². The number of thioether (sulfide) groups is 1. The van der Waals surface area contributed by atoms with Crippen molar-refractivity contribution in [2.45, 2.75) is 17.8 Å². The van der Waals surface area contributed by atoms with Gasteiger partial charge < -0.3 is 25.8 Å². The Morgan fingerprint density at radius 3 is 2.68 bits per heavy atom. The summed E-state index contributed by atoms with van der Waals surface area (Å²) in [6, 6.07) is -0.801. The first kappa shape index (κ1) is 19.5. The van der Waals surface area contributed by atoms with E-state index >= 15 is 0 Å². The Morgan fingerprint density at radius 1 is 1.44 bits per heavy atom. The summed E-state index contributed by atoms with van der Waals surface area (Å²) in [5.74, 6) is -2.44. The molecule has 3 amide bonds. The molecule has 0 spiro atoms. The number of nitrogens with two attached hydrogens (primary N) is 1. The van der Waals surface area contributed by atoms with E-state index in [1.54, 1.807) is 0 Å². The third-order valence-electron chi connectivity index (χ3n) is 3.91. The van der Waals surface area contributed by atoms with Gasteiger partial charge in [0.2, 0.25) is 11.8 Å². The van der Waals surface area contributed by atoms with Gasteiger partial charge in [-0.25, -0.2) is 4.79 Å². The first-order valence-corrected chi connectivity index (χ1v) is 9.32. The van der Waals surface area contributed by atoms with Crippen LogP contribution < -0.4 is 11.1 Å². The van der Waals surface area contributed by atoms with Gasteiger partial charge in [0.05, 0.1) is 11.8 Å². The van der Waals surface area contributed by atoms with Crippen molar-refractivity contribution in [2.75, 3.05) is 24.2 Å². The predicted molar refractivity (Wildman–Crippen MR) is 88.9 cm³/mol. The maximum atomic E-state index is 12.2. The Bertz CT molecular complexity index is 631. The van der Waals surface area contributed by atoms with Crippen LogP contribution >= 0.6 is 27.7 Å². The molecule has 138 valence electrons. The minimum atomic E-state index is -1.45. The van der Waals surface area contributed by atoms with Crippen molar-refractivity contribution in [3.05, 3.63) is 0 Å². The highest BCUT2D eigenvalue weighted by Crippen LogP contribution is 2.42. The molecule has 10 nitrogen and oxygen atoms in total. The number of hydrogen-bond acceptors (Lipinski definition) is 7. The number of fused-ring (bicyclic) bond motifs is 1. The van der Waals surface area contributed by atoms with Crippen molar-refractivity contribution in [3.63, 3.8) is 0 Å². The molecule has 2 rings (SSSR count). The molecule has 3 atom stereocenters. The van der Waals surface area contributed by atoms with Gasteiger partial charge >= 0.3 is 12.1 Å². The maximum absolute atomic E-state index is 12.2. The van der Waals surface area contributed by atoms with Crippen molar-refractivity contribution in [1.82, 2.24) is 10.2 Å². The number of amides is 3. The maximum Gasteiger partial charge on any atom is 0.404 e. The number of Topliss-reactive ketones (excluding diaryl/α,β-unsaturated/α-hetero) is 1. The van der Waals surface area contributed by atoms with Crippen LogP contribution in [0.4, 0.5) is 4.79 Å². The third-order valence-corrected chi connectivity index (χ3v) is 6.13. The molecule has 25 heavy (non-hydrogen) atoms. The number of primary amides is 1. The van der Waals surface area contributed by atoms with E-state index in [2.05, 4.69) is 26.0 Å². The molecule has 4 N–H and O–H groups in total. The largest absolute Gasteiger partial charge is 0.481 e. The number of carbonyl (C=O) groups is 5. The van der Waals surface area contributed by atoms with E-state index in [1.807, 2.05) is 0 Å². The number of carbonyl (C=O) groups excluding carboxylic acids is 4. The first-order chi connectivity index (χ1) is 11.7. The van der Waals surface area contributed by atoms with Gasteiger partial charge in [-0.3, -0.25) is 19.2 Å². The van der Waals surface area contributed by atoms with Gasteiger partial charge in [-0.2, -0.15) is 0 Å². The van der Waals surface area contributed by atoms with Crippen LogP contribution in [0.1, 0.15) is 6.42 Å². The monoisotopic (exact) mass is 437 g/mol. The Labute approximate surface area is 154 Å². The van der Waals surface area contributed by atoms with E-state index in [0.29, 0.717) is 0 Å². The second-order valence-corrected chi connectivity index (χ2v) is 7.42. The molecule has 2 aliphatic heterocycles. The lowest BCUT2D eigenvalue weighted by Gasteiger charge is -2.53. The molecule has 0 saturated carbocycles. The highest BCUT2D eigenvalue weighted by Gasteiger charge is 2.58. The first-order valence-electron chi connectivity index (χ1n) is 7.15. The molecule has 2 heterocycles. The number of β-lactam (4-membered cyclic amide) rings is 1. The van der Waals surface area contributed by atoms with Crippen LogP contribution in [0.2, 0.25) is 0 Å². The molecule has 2 aliphatic rings. The van der Waals surface area contributed by atoms with E-state index < -0.39 is 47.3 Å². The van der Waals surface area contributed by atoms with Crippen LogP contribution in [-0.2, 0) is 23.9 Å². The average molecular weight is 438 g/mol.